The van der Waals surface area contributed by atoms with Crippen LogP contribution in [0.4, 0.5) is 0 Å². The average Bonchev–Trinajstić information content (AvgIpc) is 3.41. The van der Waals surface area contributed by atoms with Gasteiger partial charge in [0.25, 0.3) is 5.56 Å². The monoisotopic (exact) mass is 555 g/mol. The summed E-state index contributed by atoms with van der Waals surface area (Å²) in [7, 11) is 3.22. The van der Waals surface area contributed by atoms with Crippen LogP contribution in [0.5, 0.6) is 11.5 Å². The normalized spacial score (nSPS) is 18.4. The minimum atomic E-state index is -1.10. The first kappa shape index (κ1) is 27.7. The minimum absolute atomic E-state index is 0.0191. The van der Waals surface area contributed by atoms with E-state index in [0.717, 1.165) is 16.7 Å². The molecule has 41 heavy (non-hydrogen) atoms. The van der Waals surface area contributed by atoms with Gasteiger partial charge in [-0.05, 0) is 46.5 Å². The van der Waals surface area contributed by atoms with Crippen molar-refractivity contribution in [1.82, 2.24) is 9.55 Å². The Morgan fingerprint density at radius 2 is 1.51 bits per heavy atom. The lowest BCUT2D eigenvalue weighted by atomic mass is 9.80. The predicted octanol–water partition coefficient (Wildman–Crippen LogP) is 4.53. The van der Waals surface area contributed by atoms with E-state index in [1.165, 1.54) is 16.8 Å². The molecule has 3 atom stereocenters. The van der Waals surface area contributed by atoms with Crippen molar-refractivity contribution in [2.75, 3.05) is 20.8 Å². The molecule has 0 saturated carbocycles. The van der Waals surface area contributed by atoms with Gasteiger partial charge in [-0.3, -0.25) is 14.3 Å². The standard InChI is InChI=1S/C30H29N5O6/c1-38-23-12-8-21(9-13-23)30(20-6-4-3-5-7-20,22-10-14-24(39-2)15-11-22)40-19-26-25(33-34-31)18-28(41-26)35-17-16-27(36)32-29(35)37/h3-17,25-26,28H,18-19H2,1-2H3,(H,32,36,37)/t25-,26+,28+/m0/s1. The van der Waals surface area contributed by atoms with Gasteiger partial charge >= 0.3 is 5.69 Å². The lowest BCUT2D eigenvalue weighted by molar-refractivity contribution is -0.0796. The molecule has 11 nitrogen and oxygen atoms in total. The summed E-state index contributed by atoms with van der Waals surface area (Å²) in [5.41, 5.74) is 9.58. The maximum atomic E-state index is 12.4. The number of benzene rings is 3. The lowest BCUT2D eigenvalue weighted by Gasteiger charge is -2.37. The third-order valence-electron chi connectivity index (χ3n) is 7.20. The number of methoxy groups -OCH3 is 2. The molecule has 4 aromatic rings. The Kier molecular flexibility index (Phi) is 8.21. The molecule has 5 rings (SSSR count). The molecule has 1 N–H and O–H groups in total. The first-order chi connectivity index (χ1) is 20.0. The fraction of sp³-hybridized carbons (Fsp3) is 0.267. The van der Waals surface area contributed by atoms with Crippen molar-refractivity contribution in [3.8, 4) is 11.5 Å². The number of nitrogens with one attached hydrogen (secondary N) is 1. The number of azide groups is 1. The highest BCUT2D eigenvalue weighted by Crippen LogP contribution is 2.43. The van der Waals surface area contributed by atoms with E-state index in [1.807, 2.05) is 78.9 Å². The maximum Gasteiger partial charge on any atom is 0.330 e. The van der Waals surface area contributed by atoms with Gasteiger partial charge in [0.2, 0.25) is 0 Å². The Labute approximate surface area is 235 Å². The zero-order chi connectivity index (χ0) is 28.8. The fourth-order valence-electron chi connectivity index (χ4n) is 5.16. The molecule has 1 fully saturated rings. The second-order valence-corrected chi connectivity index (χ2v) is 9.47. The average molecular weight is 556 g/mol. The van der Waals surface area contributed by atoms with Gasteiger partial charge in [-0.15, -0.1) is 0 Å². The summed E-state index contributed by atoms with van der Waals surface area (Å²) in [6.07, 6.45) is 0.157. The molecule has 2 heterocycles. The van der Waals surface area contributed by atoms with E-state index >= 15 is 0 Å². The van der Waals surface area contributed by atoms with Crippen LogP contribution in [0.2, 0.25) is 0 Å². The Morgan fingerprint density at radius 3 is 2.05 bits per heavy atom. The lowest BCUT2D eigenvalue weighted by Crippen LogP contribution is -2.37. The van der Waals surface area contributed by atoms with Crippen molar-refractivity contribution < 1.29 is 18.9 Å². The summed E-state index contributed by atoms with van der Waals surface area (Å²) in [4.78, 5) is 29.3. The van der Waals surface area contributed by atoms with Crippen molar-refractivity contribution >= 4 is 0 Å². The van der Waals surface area contributed by atoms with Gasteiger partial charge in [0.1, 0.15) is 23.3 Å². The van der Waals surface area contributed by atoms with E-state index in [-0.39, 0.29) is 13.0 Å². The molecule has 1 aromatic heterocycles. The first-order valence-electron chi connectivity index (χ1n) is 13.0. The predicted molar refractivity (Wildman–Crippen MR) is 151 cm³/mol. The largest absolute Gasteiger partial charge is 0.497 e. The van der Waals surface area contributed by atoms with Gasteiger partial charge in [-0.25, -0.2) is 4.79 Å². The molecular formula is C30H29N5O6. The number of rotatable bonds is 10. The van der Waals surface area contributed by atoms with Crippen LogP contribution < -0.4 is 20.7 Å². The van der Waals surface area contributed by atoms with E-state index in [1.54, 1.807) is 14.2 Å². The highest BCUT2D eigenvalue weighted by molar-refractivity contribution is 5.49. The second-order valence-electron chi connectivity index (χ2n) is 9.47. The number of ether oxygens (including phenoxy) is 4. The van der Waals surface area contributed by atoms with Crippen LogP contribution in [0.15, 0.2) is 106 Å². The summed E-state index contributed by atoms with van der Waals surface area (Å²) in [6.45, 7) is 0.0191. The van der Waals surface area contributed by atoms with E-state index < -0.39 is 35.2 Å². The highest BCUT2D eigenvalue weighted by atomic mass is 16.6. The highest BCUT2D eigenvalue weighted by Gasteiger charge is 2.42. The Balaban J connectivity index is 1.57. The van der Waals surface area contributed by atoms with Crippen molar-refractivity contribution in [1.29, 1.82) is 0 Å². The summed E-state index contributed by atoms with van der Waals surface area (Å²) in [5.74, 6) is 1.39. The maximum absolute atomic E-state index is 12.4. The van der Waals surface area contributed by atoms with Crippen molar-refractivity contribution in [3.63, 3.8) is 0 Å². The number of hydrogen-bond acceptors (Lipinski definition) is 7. The zero-order valence-corrected chi connectivity index (χ0v) is 22.5. The van der Waals surface area contributed by atoms with Gasteiger partial charge in [0.15, 0.2) is 0 Å². The van der Waals surface area contributed by atoms with E-state index in [9.17, 15) is 15.1 Å². The number of H-pyrrole nitrogens is 1. The molecule has 0 bridgehead atoms. The van der Waals surface area contributed by atoms with Crippen molar-refractivity contribution in [2.24, 2.45) is 5.11 Å². The van der Waals surface area contributed by atoms with Crippen LogP contribution in [0.25, 0.3) is 10.4 Å². The van der Waals surface area contributed by atoms with Crippen LogP contribution in [0.3, 0.4) is 0 Å². The fourth-order valence-corrected chi connectivity index (χ4v) is 5.16. The van der Waals surface area contributed by atoms with Crippen LogP contribution >= 0.6 is 0 Å². The molecule has 11 heteroatoms. The zero-order valence-electron chi connectivity index (χ0n) is 22.5. The molecule has 210 valence electrons. The second kappa shape index (κ2) is 12.1. The molecule has 3 aromatic carbocycles. The smallest absolute Gasteiger partial charge is 0.330 e. The van der Waals surface area contributed by atoms with Crippen molar-refractivity contribution in [2.45, 2.75) is 30.4 Å². The molecule has 1 saturated heterocycles. The molecule has 0 radical (unpaired) electrons. The molecule has 0 amide bonds. The van der Waals surface area contributed by atoms with E-state index in [2.05, 4.69) is 15.0 Å². The third kappa shape index (κ3) is 5.59. The van der Waals surface area contributed by atoms with Crippen LogP contribution in [-0.2, 0) is 15.1 Å². The molecule has 0 spiro atoms. The summed E-state index contributed by atoms with van der Waals surface area (Å²) in [5, 5.41) is 3.95. The summed E-state index contributed by atoms with van der Waals surface area (Å²) >= 11 is 0. The number of aromatic amines is 1. The SMILES string of the molecule is COc1ccc(C(OC[C@H]2O[C@@H](n3ccc(=O)[nH]c3=O)C[C@@H]2N=[N+]=[N-])(c2ccccc2)c2ccc(OC)cc2)cc1. The Hall–Kier alpha value is -4.83. The van der Waals surface area contributed by atoms with Gasteiger partial charge in [-0.1, -0.05) is 59.7 Å². The number of hydrogen-bond donors (Lipinski definition) is 1. The molecule has 0 unspecified atom stereocenters. The third-order valence-corrected chi connectivity index (χ3v) is 7.20. The Bertz CT molecular complexity index is 1580. The quantitative estimate of drug-likeness (QED) is 0.132. The number of aromatic nitrogens is 2. The number of nitrogens with zero attached hydrogens (tertiary/aromatic N) is 4. The van der Waals surface area contributed by atoms with Gasteiger partial charge in [0.05, 0.1) is 33.0 Å². The topological polar surface area (TPSA) is 141 Å². The molecule has 1 aliphatic rings. The van der Waals surface area contributed by atoms with E-state index in [4.69, 9.17) is 18.9 Å². The van der Waals surface area contributed by atoms with Gasteiger partial charge < -0.3 is 18.9 Å². The summed E-state index contributed by atoms with van der Waals surface area (Å²) < 4.78 is 25.2. The summed E-state index contributed by atoms with van der Waals surface area (Å²) in [6, 6.07) is 25.6. The van der Waals surface area contributed by atoms with Gasteiger partial charge in [0, 0.05) is 23.6 Å². The minimum Gasteiger partial charge on any atom is -0.497 e. The Morgan fingerprint density at radius 1 is 0.927 bits per heavy atom. The molecule has 0 aliphatic carbocycles. The molecule has 1 aliphatic heterocycles. The molecular weight excluding hydrogens is 526 g/mol. The van der Waals surface area contributed by atoms with Crippen LogP contribution in [-0.4, -0.2) is 42.5 Å². The van der Waals surface area contributed by atoms with Crippen LogP contribution in [0.1, 0.15) is 29.3 Å². The first-order valence-corrected chi connectivity index (χ1v) is 13.0. The van der Waals surface area contributed by atoms with Crippen molar-refractivity contribution in [3.05, 3.63) is 139 Å². The van der Waals surface area contributed by atoms with Gasteiger partial charge in [-0.2, -0.15) is 0 Å². The van der Waals surface area contributed by atoms with E-state index in [0.29, 0.717) is 11.5 Å². The van der Waals surface area contributed by atoms with Crippen LogP contribution in [0, 0.1) is 0 Å².